The van der Waals surface area contributed by atoms with Crippen molar-refractivity contribution >= 4 is 12.6 Å². The van der Waals surface area contributed by atoms with E-state index in [1.807, 2.05) is 36.4 Å². The molecule has 0 aliphatic carbocycles. The first-order valence-electron chi connectivity index (χ1n) is 15.4. The van der Waals surface area contributed by atoms with Gasteiger partial charge in [-0.25, -0.2) is 9.97 Å². The minimum Gasteiger partial charge on any atom is -0.399 e. The lowest BCUT2D eigenvalue weighted by atomic mass is 9.73. The monoisotopic (exact) mass is 586 g/mol. The summed E-state index contributed by atoms with van der Waals surface area (Å²) in [7, 11) is -0.474. The van der Waals surface area contributed by atoms with Crippen molar-refractivity contribution in [3.8, 4) is 56.2 Å². The first-order valence-corrected chi connectivity index (χ1v) is 15.4. The minimum atomic E-state index is -0.474. The van der Waals surface area contributed by atoms with E-state index in [4.69, 9.17) is 19.3 Å². The van der Waals surface area contributed by atoms with Crippen LogP contribution in [0.25, 0.3) is 56.2 Å². The molecule has 0 spiro atoms. The van der Waals surface area contributed by atoms with Gasteiger partial charge in [-0.3, -0.25) is 0 Å². The molecular formula is C40H35BN2O2. The van der Waals surface area contributed by atoms with E-state index in [9.17, 15) is 0 Å². The highest BCUT2D eigenvalue weighted by atomic mass is 16.7. The lowest BCUT2D eigenvalue weighted by molar-refractivity contribution is 0.00578. The first kappa shape index (κ1) is 28.9. The molecule has 220 valence electrons. The first-order chi connectivity index (χ1) is 21.8. The molecule has 7 rings (SSSR count). The van der Waals surface area contributed by atoms with Crippen molar-refractivity contribution in [2.45, 2.75) is 38.9 Å². The summed E-state index contributed by atoms with van der Waals surface area (Å²) in [6, 6.07) is 48.0. The third kappa shape index (κ3) is 5.50. The van der Waals surface area contributed by atoms with Crippen molar-refractivity contribution in [2.75, 3.05) is 0 Å². The van der Waals surface area contributed by atoms with Crippen LogP contribution in [0.2, 0.25) is 0 Å². The van der Waals surface area contributed by atoms with Gasteiger partial charge in [0.25, 0.3) is 0 Å². The van der Waals surface area contributed by atoms with E-state index in [0.29, 0.717) is 5.82 Å². The van der Waals surface area contributed by atoms with Crippen LogP contribution in [0.15, 0.2) is 140 Å². The zero-order valence-electron chi connectivity index (χ0n) is 26.1. The summed E-state index contributed by atoms with van der Waals surface area (Å²) in [4.78, 5) is 10.2. The van der Waals surface area contributed by atoms with E-state index >= 15 is 0 Å². The maximum atomic E-state index is 6.52. The molecule has 5 heteroatoms. The van der Waals surface area contributed by atoms with Gasteiger partial charge in [-0.05, 0) is 61.5 Å². The molecule has 2 heterocycles. The summed E-state index contributed by atoms with van der Waals surface area (Å²) in [5, 5.41) is 0. The van der Waals surface area contributed by atoms with E-state index in [1.54, 1.807) is 0 Å². The second kappa shape index (κ2) is 11.6. The molecule has 1 aliphatic rings. The molecule has 0 saturated carbocycles. The fourth-order valence-electron chi connectivity index (χ4n) is 5.87. The lowest BCUT2D eigenvalue weighted by Crippen LogP contribution is -2.41. The van der Waals surface area contributed by atoms with Crippen LogP contribution in [0.1, 0.15) is 27.7 Å². The molecular weight excluding hydrogens is 551 g/mol. The van der Waals surface area contributed by atoms with Gasteiger partial charge in [-0.2, -0.15) is 0 Å². The van der Waals surface area contributed by atoms with Gasteiger partial charge in [0.1, 0.15) is 0 Å². The smallest absolute Gasteiger partial charge is 0.399 e. The van der Waals surface area contributed by atoms with Crippen molar-refractivity contribution in [3.05, 3.63) is 140 Å². The molecule has 0 bridgehead atoms. The van der Waals surface area contributed by atoms with Crippen LogP contribution in [-0.2, 0) is 9.31 Å². The van der Waals surface area contributed by atoms with Gasteiger partial charge in [0.15, 0.2) is 5.82 Å². The van der Waals surface area contributed by atoms with Crippen molar-refractivity contribution in [2.24, 2.45) is 0 Å². The summed E-state index contributed by atoms with van der Waals surface area (Å²) in [5.41, 5.74) is 9.35. The van der Waals surface area contributed by atoms with Crippen molar-refractivity contribution in [1.82, 2.24) is 9.97 Å². The van der Waals surface area contributed by atoms with Crippen LogP contribution < -0.4 is 5.46 Å². The van der Waals surface area contributed by atoms with Crippen LogP contribution in [0, 0.1) is 0 Å². The second-order valence-corrected chi connectivity index (χ2v) is 12.5. The Morgan fingerprint density at radius 2 is 0.867 bits per heavy atom. The minimum absolute atomic E-state index is 0.434. The Labute approximate surface area is 265 Å². The Morgan fingerprint density at radius 3 is 1.47 bits per heavy atom. The zero-order chi connectivity index (χ0) is 31.0. The van der Waals surface area contributed by atoms with Crippen LogP contribution in [0.4, 0.5) is 0 Å². The van der Waals surface area contributed by atoms with E-state index in [2.05, 4.69) is 131 Å². The molecule has 0 radical (unpaired) electrons. The average molecular weight is 587 g/mol. The summed E-state index contributed by atoms with van der Waals surface area (Å²) in [6.45, 7) is 8.37. The molecule has 0 unspecified atom stereocenters. The summed E-state index contributed by atoms with van der Waals surface area (Å²) >= 11 is 0. The van der Waals surface area contributed by atoms with Gasteiger partial charge in [0.05, 0.1) is 22.6 Å². The lowest BCUT2D eigenvalue weighted by Gasteiger charge is -2.32. The molecule has 6 aromatic rings. The van der Waals surface area contributed by atoms with Crippen LogP contribution in [0.3, 0.4) is 0 Å². The fraction of sp³-hybridized carbons (Fsp3) is 0.150. The highest BCUT2D eigenvalue weighted by Gasteiger charge is 2.52. The number of nitrogens with zero attached hydrogens (tertiary/aromatic N) is 2. The van der Waals surface area contributed by atoms with Gasteiger partial charge in [-0.15, -0.1) is 0 Å². The topological polar surface area (TPSA) is 44.2 Å². The molecule has 1 fully saturated rings. The predicted octanol–water partition coefficient (Wildman–Crippen LogP) is 9.11. The van der Waals surface area contributed by atoms with Crippen molar-refractivity contribution < 1.29 is 9.31 Å². The van der Waals surface area contributed by atoms with Gasteiger partial charge in [0.2, 0.25) is 0 Å². The zero-order valence-corrected chi connectivity index (χ0v) is 26.1. The Bertz CT molecular complexity index is 1900. The highest BCUT2D eigenvalue weighted by molar-refractivity contribution is 6.64. The summed E-state index contributed by atoms with van der Waals surface area (Å²) in [5.74, 6) is 0.696. The number of benzene rings is 5. The summed E-state index contributed by atoms with van der Waals surface area (Å²) < 4.78 is 13.0. The molecule has 5 aromatic carbocycles. The number of aromatic nitrogens is 2. The largest absolute Gasteiger partial charge is 0.495 e. The maximum absolute atomic E-state index is 6.52. The molecule has 0 atom stereocenters. The quantitative estimate of drug-likeness (QED) is 0.183. The fourth-order valence-corrected chi connectivity index (χ4v) is 5.87. The standard InChI is InChI=1S/C40H35BN2O2/c1-39(2)40(3,4)45-41(44-39)35-26-16-15-24-33(35)31-22-12-11-21-30(31)32-23-13-14-25-34(32)37-27-36(28-17-7-5-8-18-28)42-38(43-37)29-19-9-6-10-20-29/h5-27H,1-4H3. The predicted molar refractivity (Wildman–Crippen MR) is 185 cm³/mol. The van der Waals surface area contributed by atoms with Crippen molar-refractivity contribution in [3.63, 3.8) is 0 Å². The van der Waals surface area contributed by atoms with Crippen LogP contribution in [-0.4, -0.2) is 28.3 Å². The maximum Gasteiger partial charge on any atom is 0.495 e. The van der Waals surface area contributed by atoms with E-state index in [-0.39, 0.29) is 0 Å². The normalized spacial score (nSPS) is 15.2. The highest BCUT2D eigenvalue weighted by Crippen LogP contribution is 2.41. The molecule has 1 saturated heterocycles. The van der Waals surface area contributed by atoms with E-state index in [0.717, 1.165) is 55.8 Å². The second-order valence-electron chi connectivity index (χ2n) is 12.5. The SMILES string of the molecule is CC1(C)OB(c2ccccc2-c2ccccc2-c2ccccc2-c2cc(-c3ccccc3)nc(-c3ccccc3)n2)OC1(C)C. The molecule has 45 heavy (non-hydrogen) atoms. The van der Waals surface area contributed by atoms with Gasteiger partial charge in [0, 0.05) is 16.7 Å². The molecule has 4 nitrogen and oxygen atoms in total. The van der Waals surface area contributed by atoms with Gasteiger partial charge >= 0.3 is 7.12 Å². The summed E-state index contributed by atoms with van der Waals surface area (Å²) in [6.07, 6.45) is 0. The number of hydrogen-bond donors (Lipinski definition) is 0. The molecule has 0 amide bonds. The number of hydrogen-bond acceptors (Lipinski definition) is 4. The Morgan fingerprint density at radius 1 is 0.444 bits per heavy atom. The Balaban J connectivity index is 1.39. The van der Waals surface area contributed by atoms with Crippen molar-refractivity contribution in [1.29, 1.82) is 0 Å². The molecule has 0 N–H and O–H groups in total. The van der Waals surface area contributed by atoms with Gasteiger partial charge in [-0.1, -0.05) is 133 Å². The third-order valence-corrected chi connectivity index (χ3v) is 9.01. The third-order valence-electron chi connectivity index (χ3n) is 9.01. The Hall–Kier alpha value is -4.84. The molecule has 1 aromatic heterocycles. The van der Waals surface area contributed by atoms with Crippen LogP contribution >= 0.6 is 0 Å². The van der Waals surface area contributed by atoms with Gasteiger partial charge < -0.3 is 9.31 Å². The average Bonchev–Trinajstić information content (AvgIpc) is 3.31. The van der Waals surface area contributed by atoms with E-state index in [1.165, 1.54) is 0 Å². The van der Waals surface area contributed by atoms with Crippen LogP contribution in [0.5, 0.6) is 0 Å². The molecule has 1 aliphatic heterocycles. The van der Waals surface area contributed by atoms with E-state index < -0.39 is 18.3 Å². The Kier molecular flexibility index (Phi) is 7.44. The number of rotatable bonds is 6.